The van der Waals surface area contributed by atoms with E-state index in [1.165, 1.54) is 0 Å². The van der Waals surface area contributed by atoms with Crippen LogP contribution in [0.25, 0.3) is 6.08 Å². The molecule has 1 aromatic heterocycles. The highest BCUT2D eigenvalue weighted by Gasteiger charge is 1.88. The summed E-state index contributed by atoms with van der Waals surface area (Å²) in [6, 6.07) is 3.80. The molecule has 0 fully saturated rings. The number of hydrogen-bond acceptors (Lipinski definition) is 3. The van der Waals surface area contributed by atoms with Crippen LogP contribution in [0.1, 0.15) is 12.2 Å². The standard InChI is InChI=1S/C13H19NO2/c1-2-3-10-15-12-9-14-8-4-6-13-7-5-11-16-13/h2,4-7,11,14H,1,3,8-10,12H2/b6-4+. The van der Waals surface area contributed by atoms with E-state index in [1.807, 2.05) is 30.4 Å². The van der Waals surface area contributed by atoms with Crippen molar-refractivity contribution in [3.8, 4) is 0 Å². The second kappa shape index (κ2) is 8.95. The molecule has 0 radical (unpaired) electrons. The number of rotatable bonds is 9. The molecule has 1 rings (SSSR count). The smallest absolute Gasteiger partial charge is 0.126 e. The molecule has 1 aromatic rings. The van der Waals surface area contributed by atoms with Gasteiger partial charge < -0.3 is 14.5 Å². The third kappa shape index (κ3) is 6.22. The molecule has 88 valence electrons. The predicted octanol–water partition coefficient (Wildman–Crippen LogP) is 2.48. The highest BCUT2D eigenvalue weighted by atomic mass is 16.5. The Morgan fingerprint density at radius 2 is 2.38 bits per heavy atom. The van der Waals surface area contributed by atoms with E-state index < -0.39 is 0 Å². The maximum Gasteiger partial charge on any atom is 0.126 e. The lowest BCUT2D eigenvalue weighted by molar-refractivity contribution is 0.141. The molecule has 0 aromatic carbocycles. The van der Waals surface area contributed by atoms with E-state index in [1.54, 1.807) is 6.26 Å². The summed E-state index contributed by atoms with van der Waals surface area (Å²) in [4.78, 5) is 0. The van der Waals surface area contributed by atoms with Crippen LogP contribution in [0.3, 0.4) is 0 Å². The monoisotopic (exact) mass is 221 g/mol. The second-order valence-electron chi connectivity index (χ2n) is 3.31. The Balaban J connectivity index is 1.90. The van der Waals surface area contributed by atoms with Crippen LogP contribution in [-0.4, -0.2) is 26.3 Å². The first kappa shape index (κ1) is 12.7. The summed E-state index contributed by atoms with van der Waals surface area (Å²) in [7, 11) is 0. The molecular weight excluding hydrogens is 202 g/mol. The lowest BCUT2D eigenvalue weighted by Crippen LogP contribution is -2.19. The molecule has 1 heterocycles. The fourth-order valence-corrected chi connectivity index (χ4v) is 1.16. The van der Waals surface area contributed by atoms with Gasteiger partial charge in [0.15, 0.2) is 0 Å². The fourth-order valence-electron chi connectivity index (χ4n) is 1.16. The van der Waals surface area contributed by atoms with Gasteiger partial charge in [-0.05, 0) is 24.6 Å². The normalized spacial score (nSPS) is 11.0. The molecule has 0 atom stereocenters. The average molecular weight is 221 g/mol. The molecule has 0 spiro atoms. The second-order valence-corrected chi connectivity index (χ2v) is 3.31. The van der Waals surface area contributed by atoms with Crippen LogP contribution in [0.4, 0.5) is 0 Å². The first-order valence-corrected chi connectivity index (χ1v) is 5.53. The van der Waals surface area contributed by atoms with Crippen LogP contribution < -0.4 is 5.32 Å². The summed E-state index contributed by atoms with van der Waals surface area (Å²) in [5.41, 5.74) is 0. The molecule has 0 bridgehead atoms. The lowest BCUT2D eigenvalue weighted by atomic mass is 10.4. The van der Waals surface area contributed by atoms with E-state index >= 15 is 0 Å². The van der Waals surface area contributed by atoms with Gasteiger partial charge in [-0.15, -0.1) is 6.58 Å². The van der Waals surface area contributed by atoms with Gasteiger partial charge in [0.05, 0.1) is 19.5 Å². The minimum Gasteiger partial charge on any atom is -0.465 e. The van der Waals surface area contributed by atoms with Crippen molar-refractivity contribution < 1.29 is 9.15 Å². The van der Waals surface area contributed by atoms with Crippen molar-refractivity contribution in [1.29, 1.82) is 0 Å². The minimum absolute atomic E-state index is 0.739. The van der Waals surface area contributed by atoms with Crippen LogP contribution in [0, 0.1) is 0 Å². The van der Waals surface area contributed by atoms with Crippen molar-refractivity contribution in [3.63, 3.8) is 0 Å². The van der Waals surface area contributed by atoms with Crippen LogP contribution in [0.15, 0.2) is 41.5 Å². The Morgan fingerprint density at radius 3 is 3.12 bits per heavy atom. The molecule has 0 amide bonds. The SMILES string of the molecule is C=CCCOCCNC/C=C/c1ccco1. The first-order chi connectivity index (χ1) is 7.93. The summed E-state index contributed by atoms with van der Waals surface area (Å²) < 4.78 is 10.5. The Labute approximate surface area is 96.8 Å². The first-order valence-electron chi connectivity index (χ1n) is 5.53. The zero-order valence-electron chi connectivity index (χ0n) is 9.52. The van der Waals surface area contributed by atoms with Crippen molar-refractivity contribution >= 4 is 6.08 Å². The van der Waals surface area contributed by atoms with Gasteiger partial charge in [-0.1, -0.05) is 12.2 Å². The van der Waals surface area contributed by atoms with Gasteiger partial charge in [0.1, 0.15) is 5.76 Å². The fraction of sp³-hybridized carbons (Fsp3) is 0.385. The van der Waals surface area contributed by atoms with Crippen molar-refractivity contribution in [2.45, 2.75) is 6.42 Å². The summed E-state index contributed by atoms with van der Waals surface area (Å²) >= 11 is 0. The van der Waals surface area contributed by atoms with Crippen LogP contribution in [0.5, 0.6) is 0 Å². The number of hydrogen-bond donors (Lipinski definition) is 1. The lowest BCUT2D eigenvalue weighted by Gasteiger charge is -2.02. The number of nitrogens with one attached hydrogen (secondary N) is 1. The molecule has 0 saturated heterocycles. The molecule has 0 saturated carbocycles. The number of ether oxygens (including phenoxy) is 1. The highest BCUT2D eigenvalue weighted by Crippen LogP contribution is 2.01. The van der Waals surface area contributed by atoms with Gasteiger partial charge in [-0.2, -0.15) is 0 Å². The Bertz CT molecular complexity index is 291. The van der Waals surface area contributed by atoms with Crippen molar-refractivity contribution in [3.05, 3.63) is 42.9 Å². The Morgan fingerprint density at radius 1 is 1.44 bits per heavy atom. The van der Waals surface area contributed by atoms with E-state index in [-0.39, 0.29) is 0 Å². The third-order valence-corrected chi connectivity index (χ3v) is 1.98. The summed E-state index contributed by atoms with van der Waals surface area (Å²) in [6.07, 6.45) is 8.42. The predicted molar refractivity (Wildman–Crippen MR) is 66.2 cm³/mol. The Kier molecular flexibility index (Phi) is 7.13. The molecule has 3 heteroatoms. The van der Waals surface area contributed by atoms with Gasteiger partial charge in [0.25, 0.3) is 0 Å². The van der Waals surface area contributed by atoms with Gasteiger partial charge in [-0.25, -0.2) is 0 Å². The molecule has 16 heavy (non-hydrogen) atoms. The third-order valence-electron chi connectivity index (χ3n) is 1.98. The van der Waals surface area contributed by atoms with E-state index in [0.717, 1.165) is 38.5 Å². The highest BCUT2D eigenvalue weighted by molar-refractivity contribution is 5.42. The molecule has 0 aliphatic heterocycles. The summed E-state index contributed by atoms with van der Waals surface area (Å²) in [5, 5.41) is 3.25. The van der Waals surface area contributed by atoms with Gasteiger partial charge >= 0.3 is 0 Å². The topological polar surface area (TPSA) is 34.4 Å². The van der Waals surface area contributed by atoms with E-state index in [9.17, 15) is 0 Å². The van der Waals surface area contributed by atoms with Gasteiger partial charge in [0, 0.05) is 13.1 Å². The van der Waals surface area contributed by atoms with Crippen LogP contribution >= 0.6 is 0 Å². The zero-order valence-corrected chi connectivity index (χ0v) is 9.52. The summed E-state index contributed by atoms with van der Waals surface area (Å²) in [5.74, 6) is 0.879. The maximum atomic E-state index is 5.35. The average Bonchev–Trinajstić information content (AvgIpc) is 2.80. The molecule has 0 unspecified atom stereocenters. The van der Waals surface area contributed by atoms with E-state index in [4.69, 9.17) is 9.15 Å². The quantitative estimate of drug-likeness (QED) is 0.514. The maximum absolute atomic E-state index is 5.35. The van der Waals surface area contributed by atoms with E-state index in [0.29, 0.717) is 0 Å². The van der Waals surface area contributed by atoms with E-state index in [2.05, 4.69) is 11.9 Å². The van der Waals surface area contributed by atoms with Gasteiger partial charge in [-0.3, -0.25) is 0 Å². The largest absolute Gasteiger partial charge is 0.465 e. The molecule has 1 N–H and O–H groups in total. The molecule has 0 aliphatic carbocycles. The van der Waals surface area contributed by atoms with Crippen LogP contribution in [-0.2, 0) is 4.74 Å². The zero-order chi connectivity index (χ0) is 11.5. The summed E-state index contributed by atoms with van der Waals surface area (Å²) in [6.45, 7) is 6.81. The van der Waals surface area contributed by atoms with Crippen molar-refractivity contribution in [1.82, 2.24) is 5.32 Å². The van der Waals surface area contributed by atoms with Crippen LogP contribution in [0.2, 0.25) is 0 Å². The molecule has 0 aliphatic rings. The number of furan rings is 1. The van der Waals surface area contributed by atoms with Crippen molar-refractivity contribution in [2.75, 3.05) is 26.3 Å². The molecular formula is C13H19NO2. The minimum atomic E-state index is 0.739. The van der Waals surface area contributed by atoms with Crippen molar-refractivity contribution in [2.24, 2.45) is 0 Å². The van der Waals surface area contributed by atoms with Gasteiger partial charge in [0.2, 0.25) is 0 Å². The Hall–Kier alpha value is -1.32. The molecule has 3 nitrogen and oxygen atoms in total.